The number of hydrogen-bond donors (Lipinski definition) is 1. The summed E-state index contributed by atoms with van der Waals surface area (Å²) in [4.78, 5) is 2.18. The van der Waals surface area contributed by atoms with E-state index in [-0.39, 0.29) is 18.0 Å². The van der Waals surface area contributed by atoms with Crippen LogP contribution in [0.5, 0.6) is 0 Å². The Morgan fingerprint density at radius 2 is 2.22 bits per heavy atom. The van der Waals surface area contributed by atoms with Gasteiger partial charge in [-0.2, -0.15) is 5.26 Å². The molecule has 3 heterocycles. The van der Waals surface area contributed by atoms with Gasteiger partial charge in [0.05, 0.1) is 24.4 Å². The second-order valence-corrected chi connectivity index (χ2v) is 6.47. The van der Waals surface area contributed by atoms with Crippen LogP contribution < -0.4 is 5.32 Å². The summed E-state index contributed by atoms with van der Waals surface area (Å²) in [5.74, 6) is 1.19. The Morgan fingerprint density at radius 1 is 1.35 bits per heavy atom. The number of aryl methyl sites for hydroxylation is 1. The molecule has 23 heavy (non-hydrogen) atoms. The maximum atomic E-state index is 9.37. The Hall–Kier alpha value is -2.67. The smallest absolute Gasteiger partial charge is 0.126 e. The monoisotopic (exact) mass is 305 g/mol. The number of allylic oxidation sites excluding steroid dienone is 1. The fourth-order valence-corrected chi connectivity index (χ4v) is 3.95. The molecule has 116 valence electrons. The first-order valence-corrected chi connectivity index (χ1v) is 7.90. The maximum absolute atomic E-state index is 9.37. The number of nitriles is 1. The highest BCUT2D eigenvalue weighted by atomic mass is 16.3. The van der Waals surface area contributed by atoms with Crippen LogP contribution in [0.15, 0.2) is 52.8 Å². The average Bonchev–Trinajstić information content (AvgIpc) is 3.07. The Balaban J connectivity index is 1.86. The minimum atomic E-state index is 0.0738. The van der Waals surface area contributed by atoms with Gasteiger partial charge in [-0.1, -0.05) is 17.7 Å². The second-order valence-electron chi connectivity index (χ2n) is 6.47. The van der Waals surface area contributed by atoms with Crippen LogP contribution in [-0.2, 0) is 0 Å². The first-order chi connectivity index (χ1) is 11.2. The SMILES string of the molecule is Cc1ccc2c(c1)[C@@H]1[C@@H](CC(C#N)=CN1C)[C@@H](c1ccco1)N2. The summed E-state index contributed by atoms with van der Waals surface area (Å²) in [6, 6.07) is 13.1. The van der Waals surface area contributed by atoms with Crippen molar-refractivity contribution in [2.24, 2.45) is 5.92 Å². The molecule has 0 fully saturated rings. The maximum Gasteiger partial charge on any atom is 0.126 e. The van der Waals surface area contributed by atoms with Crippen molar-refractivity contribution >= 4 is 5.69 Å². The molecule has 0 spiro atoms. The van der Waals surface area contributed by atoms with Crippen LogP contribution in [-0.4, -0.2) is 11.9 Å². The van der Waals surface area contributed by atoms with E-state index in [0.717, 1.165) is 23.4 Å². The predicted molar refractivity (Wildman–Crippen MR) is 88.6 cm³/mol. The molecule has 0 unspecified atom stereocenters. The molecular formula is C19H19N3O. The summed E-state index contributed by atoms with van der Waals surface area (Å²) in [5, 5.41) is 13.0. The van der Waals surface area contributed by atoms with Gasteiger partial charge in [0.1, 0.15) is 5.76 Å². The molecule has 2 aliphatic heterocycles. The van der Waals surface area contributed by atoms with Crippen LogP contribution in [0, 0.1) is 24.2 Å². The average molecular weight is 305 g/mol. The van der Waals surface area contributed by atoms with Crippen molar-refractivity contribution < 1.29 is 4.42 Å². The Bertz CT molecular complexity index is 801. The number of hydrogen-bond acceptors (Lipinski definition) is 4. The Morgan fingerprint density at radius 3 is 2.96 bits per heavy atom. The highest BCUT2D eigenvalue weighted by Crippen LogP contribution is 2.50. The minimum absolute atomic E-state index is 0.0738. The van der Waals surface area contributed by atoms with E-state index in [0.29, 0.717) is 0 Å². The van der Waals surface area contributed by atoms with E-state index in [1.165, 1.54) is 11.1 Å². The summed E-state index contributed by atoms with van der Waals surface area (Å²) in [6.45, 7) is 2.12. The molecule has 3 atom stereocenters. The van der Waals surface area contributed by atoms with Crippen molar-refractivity contribution in [1.82, 2.24) is 4.90 Å². The summed E-state index contributed by atoms with van der Waals surface area (Å²) in [6.07, 6.45) is 4.46. The van der Waals surface area contributed by atoms with Gasteiger partial charge in [0.25, 0.3) is 0 Å². The van der Waals surface area contributed by atoms with Gasteiger partial charge in [-0.05, 0) is 37.1 Å². The molecule has 4 heteroatoms. The van der Waals surface area contributed by atoms with Crippen molar-refractivity contribution in [1.29, 1.82) is 5.26 Å². The quantitative estimate of drug-likeness (QED) is 0.859. The lowest BCUT2D eigenvalue weighted by Crippen LogP contribution is -2.40. The molecule has 0 aliphatic carbocycles. The third-order valence-electron chi connectivity index (χ3n) is 4.92. The van der Waals surface area contributed by atoms with Crippen molar-refractivity contribution in [3.63, 3.8) is 0 Å². The number of nitrogens with one attached hydrogen (secondary N) is 1. The van der Waals surface area contributed by atoms with Crippen LogP contribution in [0.3, 0.4) is 0 Å². The molecule has 2 aliphatic rings. The van der Waals surface area contributed by atoms with Gasteiger partial charge in [-0.15, -0.1) is 0 Å². The fourth-order valence-electron chi connectivity index (χ4n) is 3.95. The molecule has 4 nitrogen and oxygen atoms in total. The van der Waals surface area contributed by atoms with Crippen molar-refractivity contribution in [2.75, 3.05) is 12.4 Å². The highest BCUT2D eigenvalue weighted by Gasteiger charge is 2.42. The predicted octanol–water partition coefficient (Wildman–Crippen LogP) is 4.16. The number of anilines is 1. The molecule has 1 aromatic carbocycles. The van der Waals surface area contributed by atoms with Gasteiger partial charge in [-0.3, -0.25) is 0 Å². The zero-order chi connectivity index (χ0) is 16.0. The van der Waals surface area contributed by atoms with E-state index in [9.17, 15) is 5.26 Å². The molecule has 4 rings (SSSR count). The van der Waals surface area contributed by atoms with Gasteiger partial charge in [0, 0.05) is 30.4 Å². The van der Waals surface area contributed by atoms with E-state index in [4.69, 9.17) is 4.42 Å². The van der Waals surface area contributed by atoms with Gasteiger partial charge in [0.15, 0.2) is 0 Å². The van der Waals surface area contributed by atoms with Crippen LogP contribution in [0.25, 0.3) is 0 Å². The number of furan rings is 1. The minimum Gasteiger partial charge on any atom is -0.467 e. The van der Waals surface area contributed by atoms with Crippen molar-refractivity contribution in [3.8, 4) is 6.07 Å². The molecule has 0 bridgehead atoms. The molecule has 0 amide bonds. The van der Waals surface area contributed by atoms with Gasteiger partial charge < -0.3 is 14.6 Å². The van der Waals surface area contributed by atoms with E-state index in [2.05, 4.69) is 48.5 Å². The van der Waals surface area contributed by atoms with E-state index < -0.39 is 0 Å². The zero-order valence-corrected chi connectivity index (χ0v) is 13.3. The number of fused-ring (bicyclic) bond motifs is 3. The Labute approximate surface area is 136 Å². The Kier molecular flexibility index (Phi) is 3.16. The molecule has 2 aromatic rings. The summed E-state index contributed by atoms with van der Waals surface area (Å²) in [7, 11) is 2.06. The third kappa shape index (κ3) is 2.20. The number of benzene rings is 1. The first kappa shape index (κ1) is 14.0. The van der Waals surface area contributed by atoms with Crippen LogP contribution >= 0.6 is 0 Å². The molecule has 1 N–H and O–H groups in total. The molecule has 0 saturated heterocycles. The van der Waals surface area contributed by atoms with Crippen LogP contribution in [0.4, 0.5) is 5.69 Å². The van der Waals surface area contributed by atoms with E-state index in [1.807, 2.05) is 18.3 Å². The molecule has 0 radical (unpaired) electrons. The summed E-state index contributed by atoms with van der Waals surface area (Å²) >= 11 is 0. The molecule has 1 aromatic heterocycles. The summed E-state index contributed by atoms with van der Waals surface area (Å²) in [5.41, 5.74) is 4.53. The van der Waals surface area contributed by atoms with Crippen molar-refractivity contribution in [2.45, 2.75) is 25.4 Å². The highest BCUT2D eigenvalue weighted by molar-refractivity contribution is 5.59. The van der Waals surface area contributed by atoms with E-state index in [1.54, 1.807) is 6.26 Å². The summed E-state index contributed by atoms with van der Waals surface area (Å²) < 4.78 is 5.68. The van der Waals surface area contributed by atoms with Gasteiger partial charge in [-0.25, -0.2) is 0 Å². The molecular weight excluding hydrogens is 286 g/mol. The molecule has 0 saturated carbocycles. The normalized spacial score (nSPS) is 25.7. The largest absolute Gasteiger partial charge is 0.467 e. The van der Waals surface area contributed by atoms with Crippen LogP contribution in [0.2, 0.25) is 0 Å². The lowest BCUT2D eigenvalue weighted by Gasteiger charge is -2.46. The van der Waals surface area contributed by atoms with Crippen molar-refractivity contribution in [3.05, 3.63) is 65.3 Å². The fraction of sp³-hybridized carbons (Fsp3) is 0.316. The van der Waals surface area contributed by atoms with E-state index >= 15 is 0 Å². The van der Waals surface area contributed by atoms with Gasteiger partial charge in [0.2, 0.25) is 0 Å². The lowest BCUT2D eigenvalue weighted by atomic mass is 9.75. The lowest BCUT2D eigenvalue weighted by molar-refractivity contribution is 0.178. The third-order valence-corrected chi connectivity index (χ3v) is 4.92. The second kappa shape index (κ2) is 5.20. The van der Waals surface area contributed by atoms with Crippen LogP contribution in [0.1, 0.15) is 35.4 Å². The number of rotatable bonds is 1. The first-order valence-electron chi connectivity index (χ1n) is 7.90. The zero-order valence-electron chi connectivity index (χ0n) is 13.3. The number of nitrogens with zero attached hydrogens (tertiary/aromatic N) is 2. The standard InChI is InChI=1S/C19H19N3O/c1-12-5-6-16-14(8-12)19-15(9-13(10-20)11-22(19)2)18(21-16)17-4-3-7-23-17/h3-8,11,15,18-19,21H,9H2,1-2H3/t15-,18-,19+/m0/s1. The van der Waals surface area contributed by atoms with Gasteiger partial charge >= 0.3 is 0 Å². The topological polar surface area (TPSA) is 52.2 Å².